The smallest absolute Gasteiger partial charge is 0.281 e. The minimum absolute atomic E-state index is 0.0386. The molecule has 0 aliphatic rings. The van der Waals surface area contributed by atoms with E-state index in [1.54, 1.807) is 6.07 Å². The first-order valence-electron chi connectivity index (χ1n) is 4.02. The zero-order valence-electron chi connectivity index (χ0n) is 7.47. The Hall–Kier alpha value is -2.04. The molecule has 5 nitrogen and oxygen atoms in total. The van der Waals surface area contributed by atoms with E-state index in [2.05, 4.69) is 15.2 Å². The Kier molecular flexibility index (Phi) is 2.06. The van der Waals surface area contributed by atoms with Crippen molar-refractivity contribution in [2.24, 2.45) is 0 Å². The lowest BCUT2D eigenvalue weighted by atomic mass is 10.3. The predicted octanol–water partition coefficient (Wildman–Crippen LogP) is 1.25. The van der Waals surface area contributed by atoms with Gasteiger partial charge in [-0.25, -0.2) is 4.98 Å². The summed E-state index contributed by atoms with van der Waals surface area (Å²) in [6.45, 7) is 1.86. The first-order valence-corrected chi connectivity index (χ1v) is 4.02. The van der Waals surface area contributed by atoms with Crippen LogP contribution in [0.4, 0.5) is 0 Å². The predicted molar refractivity (Wildman–Crippen MR) is 47.7 cm³/mol. The minimum Gasteiger partial charge on any atom is -0.412 e. The van der Waals surface area contributed by atoms with Crippen molar-refractivity contribution in [3.05, 3.63) is 29.8 Å². The fourth-order valence-corrected chi connectivity index (χ4v) is 1.05. The van der Waals surface area contributed by atoms with Crippen LogP contribution in [0.25, 0.3) is 11.6 Å². The summed E-state index contributed by atoms with van der Waals surface area (Å²) < 4.78 is 5.02. The molecule has 0 bridgehead atoms. The van der Waals surface area contributed by atoms with Crippen LogP contribution in [0, 0.1) is 6.92 Å². The lowest BCUT2D eigenvalue weighted by Gasteiger charge is -1.94. The summed E-state index contributed by atoms with van der Waals surface area (Å²) in [6.07, 6.45) is 0.506. The molecule has 2 heterocycles. The number of carbonyl (C=O) groups is 1. The number of hydrogen-bond acceptors (Lipinski definition) is 5. The summed E-state index contributed by atoms with van der Waals surface area (Å²) in [4.78, 5) is 14.5. The van der Waals surface area contributed by atoms with Crippen LogP contribution in [-0.2, 0) is 0 Å². The molecule has 0 aliphatic carbocycles. The monoisotopic (exact) mass is 189 g/mol. The molecule has 0 N–H and O–H groups in total. The number of rotatable bonds is 2. The molecule has 2 aromatic heterocycles. The molecule has 0 aromatic carbocycles. The van der Waals surface area contributed by atoms with Gasteiger partial charge in [0.05, 0.1) is 0 Å². The molecule has 14 heavy (non-hydrogen) atoms. The first kappa shape index (κ1) is 8.55. The van der Waals surface area contributed by atoms with Gasteiger partial charge in [0.15, 0.2) is 0 Å². The highest BCUT2D eigenvalue weighted by Gasteiger charge is 2.08. The van der Waals surface area contributed by atoms with E-state index < -0.39 is 0 Å². The van der Waals surface area contributed by atoms with Crippen LogP contribution >= 0.6 is 0 Å². The number of pyridine rings is 1. The number of carbonyl (C=O) groups excluding carboxylic acids is 1. The number of aldehydes is 1. The molecule has 0 spiro atoms. The maximum Gasteiger partial charge on any atom is 0.281 e. The maximum atomic E-state index is 10.3. The third-order valence-corrected chi connectivity index (χ3v) is 1.65. The van der Waals surface area contributed by atoms with Gasteiger partial charge in [-0.3, -0.25) is 4.79 Å². The highest BCUT2D eigenvalue weighted by atomic mass is 16.4. The zero-order valence-corrected chi connectivity index (χ0v) is 7.47. The van der Waals surface area contributed by atoms with E-state index in [4.69, 9.17) is 4.42 Å². The lowest BCUT2D eigenvalue weighted by molar-refractivity contribution is 0.109. The zero-order chi connectivity index (χ0) is 9.97. The Bertz CT molecular complexity index is 465. The summed E-state index contributed by atoms with van der Waals surface area (Å²) in [5, 5.41) is 7.20. The van der Waals surface area contributed by atoms with Crippen molar-refractivity contribution in [2.45, 2.75) is 6.92 Å². The van der Waals surface area contributed by atoms with Gasteiger partial charge in [0.1, 0.15) is 5.69 Å². The summed E-state index contributed by atoms with van der Waals surface area (Å²) >= 11 is 0. The van der Waals surface area contributed by atoms with E-state index in [0.29, 0.717) is 12.0 Å². The Morgan fingerprint density at radius 1 is 1.36 bits per heavy atom. The van der Waals surface area contributed by atoms with Crippen molar-refractivity contribution in [1.82, 2.24) is 15.2 Å². The fraction of sp³-hybridized carbons (Fsp3) is 0.111. The summed E-state index contributed by atoms with van der Waals surface area (Å²) in [5.74, 6) is 0.221. The summed E-state index contributed by atoms with van der Waals surface area (Å²) in [7, 11) is 0. The van der Waals surface area contributed by atoms with Crippen molar-refractivity contribution in [3.8, 4) is 11.6 Å². The average molecular weight is 189 g/mol. The fourth-order valence-electron chi connectivity index (χ4n) is 1.05. The molecule has 0 aliphatic heterocycles. The van der Waals surface area contributed by atoms with E-state index in [-0.39, 0.29) is 11.8 Å². The molecule has 0 radical (unpaired) electrons. The molecule has 2 aromatic rings. The topological polar surface area (TPSA) is 68.9 Å². The highest BCUT2D eigenvalue weighted by Crippen LogP contribution is 2.14. The molecule has 0 fully saturated rings. The molecule has 0 unspecified atom stereocenters. The normalized spacial score (nSPS) is 10.1. The van der Waals surface area contributed by atoms with Crippen LogP contribution in [0.2, 0.25) is 0 Å². The second-order valence-electron chi connectivity index (χ2n) is 2.73. The van der Waals surface area contributed by atoms with Gasteiger partial charge >= 0.3 is 0 Å². The average Bonchev–Trinajstić information content (AvgIpc) is 2.66. The standard InChI is InChI=1S/C9H7N3O2/c1-6-3-2-4-7(10-6)9-12-11-8(5-13)14-9/h2-5H,1H3. The van der Waals surface area contributed by atoms with Crippen molar-refractivity contribution in [1.29, 1.82) is 0 Å². The van der Waals surface area contributed by atoms with Gasteiger partial charge in [0, 0.05) is 5.69 Å². The molecular formula is C9H7N3O2. The van der Waals surface area contributed by atoms with Crippen LogP contribution in [0.1, 0.15) is 16.4 Å². The SMILES string of the molecule is Cc1cccc(-c2nnc(C=O)o2)n1. The Morgan fingerprint density at radius 3 is 2.86 bits per heavy atom. The van der Waals surface area contributed by atoms with Gasteiger partial charge in [-0.15, -0.1) is 10.2 Å². The Balaban J connectivity index is 2.43. The Labute approximate surface area is 79.8 Å². The minimum atomic E-state index is -0.0386. The van der Waals surface area contributed by atoms with Gasteiger partial charge in [-0.05, 0) is 19.1 Å². The van der Waals surface area contributed by atoms with Crippen LogP contribution in [0.3, 0.4) is 0 Å². The molecule has 0 amide bonds. The maximum absolute atomic E-state index is 10.3. The molecule has 70 valence electrons. The van der Waals surface area contributed by atoms with Gasteiger partial charge < -0.3 is 4.42 Å². The highest BCUT2D eigenvalue weighted by molar-refractivity contribution is 5.67. The number of nitrogens with zero attached hydrogens (tertiary/aromatic N) is 3. The third-order valence-electron chi connectivity index (χ3n) is 1.65. The molecule has 2 rings (SSSR count). The lowest BCUT2D eigenvalue weighted by Crippen LogP contribution is -1.85. The largest absolute Gasteiger partial charge is 0.412 e. The van der Waals surface area contributed by atoms with Crippen LogP contribution in [0.15, 0.2) is 22.6 Å². The number of hydrogen-bond donors (Lipinski definition) is 0. The van der Waals surface area contributed by atoms with E-state index >= 15 is 0 Å². The van der Waals surface area contributed by atoms with E-state index in [0.717, 1.165) is 5.69 Å². The third kappa shape index (κ3) is 1.52. The second-order valence-corrected chi connectivity index (χ2v) is 2.73. The van der Waals surface area contributed by atoms with E-state index in [1.165, 1.54) is 0 Å². The van der Waals surface area contributed by atoms with E-state index in [1.807, 2.05) is 19.1 Å². The molecule has 5 heteroatoms. The summed E-state index contributed by atoms with van der Waals surface area (Å²) in [6, 6.07) is 5.44. The molecule has 0 saturated heterocycles. The number of aromatic nitrogens is 3. The quantitative estimate of drug-likeness (QED) is 0.665. The Morgan fingerprint density at radius 2 is 2.21 bits per heavy atom. The molecule has 0 saturated carbocycles. The van der Waals surface area contributed by atoms with E-state index in [9.17, 15) is 4.79 Å². The van der Waals surface area contributed by atoms with Crippen LogP contribution < -0.4 is 0 Å². The molecular weight excluding hydrogens is 182 g/mol. The first-order chi connectivity index (χ1) is 6.79. The van der Waals surface area contributed by atoms with Gasteiger partial charge in [0.2, 0.25) is 6.29 Å². The molecule has 0 atom stereocenters. The van der Waals surface area contributed by atoms with Crippen molar-refractivity contribution in [3.63, 3.8) is 0 Å². The second kappa shape index (κ2) is 3.37. The van der Waals surface area contributed by atoms with Crippen LogP contribution in [-0.4, -0.2) is 21.5 Å². The van der Waals surface area contributed by atoms with Gasteiger partial charge in [-0.1, -0.05) is 6.07 Å². The summed E-state index contributed by atoms with van der Waals surface area (Å²) in [5.41, 5.74) is 1.43. The van der Waals surface area contributed by atoms with Gasteiger partial charge in [0.25, 0.3) is 11.8 Å². The van der Waals surface area contributed by atoms with Crippen LogP contribution in [0.5, 0.6) is 0 Å². The number of aryl methyl sites for hydroxylation is 1. The van der Waals surface area contributed by atoms with Gasteiger partial charge in [-0.2, -0.15) is 0 Å². The van der Waals surface area contributed by atoms with Crippen molar-refractivity contribution >= 4 is 6.29 Å². The van der Waals surface area contributed by atoms with Crippen molar-refractivity contribution < 1.29 is 9.21 Å². The van der Waals surface area contributed by atoms with Crippen molar-refractivity contribution in [2.75, 3.05) is 0 Å².